The molecule has 2 aromatic rings. The first-order valence-corrected chi connectivity index (χ1v) is 14.0. The molecule has 0 saturated heterocycles. The lowest BCUT2D eigenvalue weighted by molar-refractivity contribution is -0.118. The van der Waals surface area contributed by atoms with Crippen LogP contribution in [0.4, 0.5) is 5.69 Å². The van der Waals surface area contributed by atoms with Crippen molar-refractivity contribution in [3.63, 3.8) is 0 Å². The lowest BCUT2D eigenvalue weighted by Crippen LogP contribution is -2.44. The van der Waals surface area contributed by atoms with Gasteiger partial charge in [-0.2, -0.15) is 0 Å². The van der Waals surface area contributed by atoms with E-state index in [2.05, 4.69) is 68.2 Å². The van der Waals surface area contributed by atoms with Crippen LogP contribution in [0, 0.1) is 10.5 Å². The van der Waals surface area contributed by atoms with Gasteiger partial charge in [-0.3, -0.25) is 4.79 Å². The van der Waals surface area contributed by atoms with Gasteiger partial charge in [0.1, 0.15) is 5.75 Å². The maximum absolute atomic E-state index is 13.1. The molecule has 0 saturated carbocycles. The predicted molar refractivity (Wildman–Crippen MR) is 126 cm³/mol. The van der Waals surface area contributed by atoms with Gasteiger partial charge in [0, 0.05) is 9.99 Å². The van der Waals surface area contributed by atoms with E-state index in [9.17, 15) is 4.79 Å². The van der Waals surface area contributed by atoms with E-state index in [1.54, 1.807) is 7.11 Å². The van der Waals surface area contributed by atoms with Crippen molar-refractivity contribution in [2.75, 3.05) is 12.0 Å². The molecule has 146 valence electrons. The van der Waals surface area contributed by atoms with Crippen molar-refractivity contribution in [1.29, 1.82) is 0 Å². The highest BCUT2D eigenvalue weighted by Gasteiger charge is 2.28. The number of hydrogen-bond acceptors (Lipinski definition) is 2. The van der Waals surface area contributed by atoms with Crippen LogP contribution in [-0.2, 0) is 11.3 Å². The number of halogens is 1. The number of anilines is 1. The quantitative estimate of drug-likeness (QED) is 0.376. The number of carbonyl (C=O) groups is 1. The Morgan fingerprint density at radius 3 is 2.30 bits per heavy atom. The van der Waals surface area contributed by atoms with E-state index in [1.807, 2.05) is 29.2 Å². The molecule has 2 rings (SSSR count). The van der Waals surface area contributed by atoms with E-state index in [4.69, 9.17) is 4.74 Å². The standard InChI is InChI=1S/C22H30INO2Si/c1-7-8-21(25)24(15-17-9-11-18(26-3)12-10-17)22-19(23)13-16(2)14-20(22)27(4,5)6/h9-14H,7-8,15H2,1-6H3. The summed E-state index contributed by atoms with van der Waals surface area (Å²) in [6.45, 7) is 11.8. The van der Waals surface area contributed by atoms with Crippen molar-refractivity contribution in [3.05, 3.63) is 51.1 Å². The van der Waals surface area contributed by atoms with Crippen molar-refractivity contribution in [1.82, 2.24) is 0 Å². The number of benzene rings is 2. The second-order valence-electron chi connectivity index (χ2n) is 7.97. The summed E-state index contributed by atoms with van der Waals surface area (Å²) in [5, 5.41) is 1.35. The first-order valence-electron chi connectivity index (χ1n) is 9.41. The Bertz CT molecular complexity index is 797. The van der Waals surface area contributed by atoms with E-state index in [-0.39, 0.29) is 5.91 Å². The number of nitrogens with zero attached hydrogens (tertiary/aromatic N) is 1. The van der Waals surface area contributed by atoms with Crippen molar-refractivity contribution < 1.29 is 9.53 Å². The topological polar surface area (TPSA) is 29.5 Å². The fourth-order valence-electron chi connectivity index (χ4n) is 3.13. The van der Waals surface area contributed by atoms with Gasteiger partial charge in [-0.25, -0.2) is 0 Å². The molecular formula is C22H30INO2Si. The Hall–Kier alpha value is -1.34. The fraction of sp³-hybridized carbons (Fsp3) is 0.409. The third-order valence-electron chi connectivity index (χ3n) is 4.55. The first-order chi connectivity index (χ1) is 12.7. The summed E-state index contributed by atoms with van der Waals surface area (Å²) in [5.74, 6) is 1.02. The van der Waals surface area contributed by atoms with Gasteiger partial charge in [-0.05, 0) is 64.9 Å². The zero-order valence-corrected chi connectivity index (χ0v) is 20.4. The van der Waals surface area contributed by atoms with Crippen LogP contribution in [0.2, 0.25) is 19.6 Å². The predicted octanol–water partition coefficient (Wildman–Crippen LogP) is 5.49. The Morgan fingerprint density at radius 1 is 1.15 bits per heavy atom. The highest BCUT2D eigenvalue weighted by Crippen LogP contribution is 2.28. The Morgan fingerprint density at radius 2 is 1.78 bits per heavy atom. The molecule has 0 spiro atoms. The van der Waals surface area contributed by atoms with Gasteiger partial charge >= 0.3 is 0 Å². The summed E-state index contributed by atoms with van der Waals surface area (Å²) in [6.07, 6.45) is 1.41. The lowest BCUT2D eigenvalue weighted by Gasteiger charge is -2.31. The summed E-state index contributed by atoms with van der Waals surface area (Å²) < 4.78 is 6.42. The minimum Gasteiger partial charge on any atom is -0.497 e. The molecule has 1 amide bonds. The number of methoxy groups -OCH3 is 1. The number of carbonyl (C=O) groups excluding carboxylic acids is 1. The zero-order valence-electron chi connectivity index (χ0n) is 17.2. The molecule has 5 heteroatoms. The Kier molecular flexibility index (Phi) is 7.51. The molecule has 2 aromatic carbocycles. The molecule has 0 bridgehead atoms. The van der Waals surface area contributed by atoms with Crippen LogP contribution in [0.5, 0.6) is 5.75 Å². The first kappa shape index (κ1) is 22.0. The minimum atomic E-state index is -1.62. The molecule has 0 heterocycles. The molecule has 0 atom stereocenters. The van der Waals surface area contributed by atoms with E-state index in [1.165, 1.54) is 10.8 Å². The second-order valence-corrected chi connectivity index (χ2v) is 14.2. The van der Waals surface area contributed by atoms with Gasteiger partial charge in [-0.15, -0.1) is 0 Å². The zero-order chi connectivity index (χ0) is 20.2. The van der Waals surface area contributed by atoms with Gasteiger partial charge in [0.2, 0.25) is 5.91 Å². The summed E-state index contributed by atoms with van der Waals surface area (Å²) in [7, 11) is 0.0448. The van der Waals surface area contributed by atoms with Crippen LogP contribution < -0.4 is 14.8 Å². The van der Waals surface area contributed by atoms with Crippen molar-refractivity contribution in [2.45, 2.75) is 52.9 Å². The maximum Gasteiger partial charge on any atom is 0.227 e. The van der Waals surface area contributed by atoms with Gasteiger partial charge in [-0.1, -0.05) is 50.3 Å². The molecule has 3 nitrogen and oxygen atoms in total. The van der Waals surface area contributed by atoms with Crippen LogP contribution in [0.25, 0.3) is 0 Å². The fourth-order valence-corrected chi connectivity index (χ4v) is 6.10. The summed E-state index contributed by atoms with van der Waals surface area (Å²) in [4.78, 5) is 15.1. The largest absolute Gasteiger partial charge is 0.497 e. The lowest BCUT2D eigenvalue weighted by atomic mass is 10.1. The van der Waals surface area contributed by atoms with Gasteiger partial charge in [0.15, 0.2) is 0 Å². The average molecular weight is 495 g/mol. The second kappa shape index (κ2) is 9.23. The van der Waals surface area contributed by atoms with E-state index < -0.39 is 8.07 Å². The number of rotatable bonds is 7. The van der Waals surface area contributed by atoms with Crippen molar-refractivity contribution >= 4 is 47.4 Å². The molecular weight excluding hydrogens is 465 g/mol. The van der Waals surface area contributed by atoms with Crippen LogP contribution in [0.3, 0.4) is 0 Å². The highest BCUT2D eigenvalue weighted by molar-refractivity contribution is 14.1. The molecule has 0 fully saturated rings. The van der Waals surface area contributed by atoms with Crippen LogP contribution in [0.1, 0.15) is 30.9 Å². The highest BCUT2D eigenvalue weighted by atomic mass is 127. The Labute approximate surface area is 178 Å². The van der Waals surface area contributed by atoms with Gasteiger partial charge in [0.05, 0.1) is 27.4 Å². The number of ether oxygens (including phenoxy) is 1. The molecule has 0 radical (unpaired) electrons. The molecule has 0 aliphatic carbocycles. The molecule has 0 aromatic heterocycles. The van der Waals surface area contributed by atoms with Crippen LogP contribution in [-0.4, -0.2) is 21.1 Å². The monoisotopic (exact) mass is 495 g/mol. The summed E-state index contributed by atoms with van der Waals surface area (Å²) in [6, 6.07) is 12.5. The maximum atomic E-state index is 13.1. The number of amides is 1. The minimum absolute atomic E-state index is 0.189. The smallest absolute Gasteiger partial charge is 0.227 e. The normalized spacial score (nSPS) is 11.4. The van der Waals surface area contributed by atoms with Crippen LogP contribution in [0.15, 0.2) is 36.4 Å². The van der Waals surface area contributed by atoms with Gasteiger partial charge in [0.25, 0.3) is 0 Å². The van der Waals surface area contributed by atoms with Crippen molar-refractivity contribution in [2.24, 2.45) is 0 Å². The number of aryl methyl sites for hydroxylation is 1. The van der Waals surface area contributed by atoms with E-state index >= 15 is 0 Å². The number of hydrogen-bond donors (Lipinski definition) is 0. The third kappa shape index (κ3) is 5.57. The SMILES string of the molecule is CCCC(=O)N(Cc1ccc(OC)cc1)c1c(I)cc(C)cc1[Si](C)(C)C. The molecule has 0 unspecified atom stereocenters. The third-order valence-corrected chi connectivity index (χ3v) is 7.37. The van der Waals surface area contributed by atoms with Crippen molar-refractivity contribution in [3.8, 4) is 5.75 Å². The van der Waals surface area contributed by atoms with Crippen LogP contribution >= 0.6 is 22.6 Å². The van der Waals surface area contributed by atoms with E-state index in [0.29, 0.717) is 13.0 Å². The summed E-state index contributed by atoms with van der Waals surface area (Å²) in [5.41, 5.74) is 3.47. The molecule has 27 heavy (non-hydrogen) atoms. The molecule has 0 aliphatic rings. The molecule has 0 aliphatic heterocycles. The Balaban J connectivity index is 2.55. The molecule has 0 N–H and O–H groups in total. The summed E-state index contributed by atoms with van der Waals surface area (Å²) >= 11 is 2.39. The van der Waals surface area contributed by atoms with E-state index in [0.717, 1.165) is 27.0 Å². The van der Waals surface area contributed by atoms with Gasteiger partial charge < -0.3 is 9.64 Å². The average Bonchev–Trinajstić information content (AvgIpc) is 2.59.